The number of hydrogen-bond acceptors (Lipinski definition) is 6. The summed E-state index contributed by atoms with van der Waals surface area (Å²) in [5.41, 5.74) is 0. The summed E-state index contributed by atoms with van der Waals surface area (Å²) in [6.45, 7) is 4.52. The summed E-state index contributed by atoms with van der Waals surface area (Å²) in [6, 6.07) is -0.893. The number of allylic oxidation sites excluding steroid dienone is 11. The van der Waals surface area contributed by atoms with E-state index in [9.17, 15) is 19.4 Å². The van der Waals surface area contributed by atoms with Crippen LogP contribution in [-0.4, -0.2) is 68.5 Å². The fourth-order valence-corrected chi connectivity index (χ4v) is 7.49. The smallest absolute Gasteiger partial charge is 0.268 e. The van der Waals surface area contributed by atoms with Gasteiger partial charge < -0.3 is 28.8 Å². The number of phosphoric ester groups is 1. The number of aliphatic hydroxyl groups is 1. The quantitative estimate of drug-likeness (QED) is 0.0273. The fraction of sp³-hybridized carbons (Fsp3) is 0.750. The first-order chi connectivity index (χ1) is 29.5. The van der Waals surface area contributed by atoms with E-state index in [4.69, 9.17) is 9.05 Å². The van der Waals surface area contributed by atoms with Gasteiger partial charge in [-0.15, -0.1) is 0 Å². The van der Waals surface area contributed by atoms with Gasteiger partial charge >= 0.3 is 0 Å². The van der Waals surface area contributed by atoms with Crippen molar-refractivity contribution in [1.82, 2.24) is 5.32 Å². The maximum atomic E-state index is 12.9. The Bertz CT molecular complexity index is 1220. The fourth-order valence-electron chi connectivity index (χ4n) is 6.77. The SMILES string of the molecule is CC/C=C\C/C=C\C/C=C\C/C=C\C/C=C\CCCCCCCCCCCC(=O)NC(COP(=O)([O-])OCC[N+](C)(C)C)C(O)/C=C/CCCCCCCCCCCCCC. The molecule has 2 N–H and O–H groups in total. The predicted molar refractivity (Wildman–Crippen MR) is 260 cm³/mol. The minimum absolute atomic E-state index is 0.00534. The maximum Gasteiger partial charge on any atom is 0.268 e. The number of hydrogen-bond donors (Lipinski definition) is 2. The minimum Gasteiger partial charge on any atom is -0.756 e. The van der Waals surface area contributed by atoms with Crippen LogP contribution >= 0.6 is 7.82 Å². The number of quaternary nitrogens is 1. The van der Waals surface area contributed by atoms with E-state index in [2.05, 4.69) is 79.9 Å². The van der Waals surface area contributed by atoms with Crippen LogP contribution in [0.5, 0.6) is 0 Å². The molecule has 9 heteroatoms. The van der Waals surface area contributed by atoms with Crippen molar-refractivity contribution in [2.75, 3.05) is 40.9 Å². The lowest BCUT2D eigenvalue weighted by Gasteiger charge is -2.29. The Hall–Kier alpha value is -2.06. The Morgan fingerprint density at radius 1 is 0.590 bits per heavy atom. The van der Waals surface area contributed by atoms with E-state index in [0.717, 1.165) is 77.0 Å². The number of carbonyl (C=O) groups excluding carboxylic acids is 1. The van der Waals surface area contributed by atoms with Crippen LogP contribution < -0.4 is 10.2 Å². The molecule has 0 aliphatic heterocycles. The molecule has 0 aromatic carbocycles. The van der Waals surface area contributed by atoms with Gasteiger partial charge in [-0.25, -0.2) is 0 Å². The maximum absolute atomic E-state index is 12.9. The molecule has 3 atom stereocenters. The topological polar surface area (TPSA) is 108 Å². The molecule has 0 rings (SSSR count). The first kappa shape index (κ1) is 58.9. The first-order valence-corrected chi connectivity index (χ1v) is 26.3. The summed E-state index contributed by atoms with van der Waals surface area (Å²) < 4.78 is 23.2. The zero-order chi connectivity index (χ0) is 45.0. The average Bonchev–Trinajstić information content (AvgIpc) is 3.21. The van der Waals surface area contributed by atoms with Crippen LogP contribution in [0.15, 0.2) is 72.9 Å². The molecule has 354 valence electrons. The zero-order valence-electron chi connectivity index (χ0n) is 40.1. The van der Waals surface area contributed by atoms with Gasteiger partial charge in [0.15, 0.2) is 0 Å². The number of nitrogens with one attached hydrogen (secondary N) is 1. The molecule has 0 radical (unpaired) electrons. The van der Waals surface area contributed by atoms with E-state index in [0.29, 0.717) is 17.4 Å². The number of rotatable bonds is 44. The van der Waals surface area contributed by atoms with Crippen LogP contribution in [-0.2, 0) is 18.4 Å². The molecule has 1 amide bonds. The summed E-state index contributed by atoms with van der Waals surface area (Å²) in [7, 11) is 1.25. The van der Waals surface area contributed by atoms with Crippen molar-refractivity contribution in [3.05, 3.63) is 72.9 Å². The summed E-state index contributed by atoms with van der Waals surface area (Å²) in [4.78, 5) is 25.4. The van der Waals surface area contributed by atoms with Crippen LogP contribution in [0.2, 0.25) is 0 Å². The van der Waals surface area contributed by atoms with Crippen molar-refractivity contribution in [3.63, 3.8) is 0 Å². The monoisotopic (exact) mass is 875 g/mol. The van der Waals surface area contributed by atoms with E-state index in [1.807, 2.05) is 27.2 Å². The summed E-state index contributed by atoms with van der Waals surface area (Å²) in [5, 5.41) is 13.8. The van der Waals surface area contributed by atoms with Crippen molar-refractivity contribution in [3.8, 4) is 0 Å². The lowest BCUT2D eigenvalue weighted by Crippen LogP contribution is -2.45. The number of amides is 1. The van der Waals surface area contributed by atoms with Crippen LogP contribution in [0.25, 0.3) is 0 Å². The molecule has 61 heavy (non-hydrogen) atoms. The predicted octanol–water partition coefficient (Wildman–Crippen LogP) is 13.7. The molecular weight excluding hydrogens is 780 g/mol. The van der Waals surface area contributed by atoms with Crippen molar-refractivity contribution < 1.29 is 32.9 Å². The number of aliphatic hydroxyl groups excluding tert-OH is 1. The Kier molecular flexibility index (Phi) is 41.7. The number of carbonyl (C=O) groups is 1. The van der Waals surface area contributed by atoms with Gasteiger partial charge in [0.2, 0.25) is 5.91 Å². The molecule has 8 nitrogen and oxygen atoms in total. The average molecular weight is 875 g/mol. The van der Waals surface area contributed by atoms with Gasteiger partial charge in [0.1, 0.15) is 13.2 Å². The molecule has 0 aromatic rings. The second-order valence-electron chi connectivity index (χ2n) is 17.8. The Balaban J connectivity index is 4.30. The number of phosphoric acid groups is 1. The first-order valence-electron chi connectivity index (χ1n) is 24.8. The van der Waals surface area contributed by atoms with Crippen LogP contribution in [0.4, 0.5) is 0 Å². The van der Waals surface area contributed by atoms with Crippen molar-refractivity contribution in [2.45, 2.75) is 212 Å². The molecule has 0 saturated carbocycles. The molecule has 0 heterocycles. The van der Waals surface area contributed by atoms with Crippen molar-refractivity contribution in [1.29, 1.82) is 0 Å². The Morgan fingerprint density at radius 3 is 1.46 bits per heavy atom. The number of likely N-dealkylation sites (N-methyl/N-ethyl adjacent to an activating group) is 1. The molecule has 0 bridgehead atoms. The highest BCUT2D eigenvalue weighted by atomic mass is 31.2. The van der Waals surface area contributed by atoms with Gasteiger partial charge in [-0.1, -0.05) is 202 Å². The third-order valence-corrected chi connectivity index (χ3v) is 11.6. The van der Waals surface area contributed by atoms with Gasteiger partial charge in [0.25, 0.3) is 7.82 Å². The summed E-state index contributed by atoms with van der Waals surface area (Å²) in [5.74, 6) is -0.207. The van der Waals surface area contributed by atoms with Crippen LogP contribution in [0.1, 0.15) is 200 Å². The minimum atomic E-state index is -4.59. The molecule has 0 aliphatic rings. The van der Waals surface area contributed by atoms with E-state index in [-0.39, 0.29) is 19.1 Å². The summed E-state index contributed by atoms with van der Waals surface area (Å²) >= 11 is 0. The molecule has 0 aromatic heterocycles. The van der Waals surface area contributed by atoms with E-state index < -0.39 is 20.0 Å². The normalized spacial score (nSPS) is 14.8. The van der Waals surface area contributed by atoms with E-state index in [1.54, 1.807) is 6.08 Å². The molecule has 0 fully saturated rings. The molecule has 0 spiro atoms. The zero-order valence-corrected chi connectivity index (χ0v) is 41.0. The van der Waals surface area contributed by atoms with E-state index in [1.165, 1.54) is 103 Å². The molecular formula is C52H95N2O6P. The largest absolute Gasteiger partial charge is 0.756 e. The standard InChI is InChI=1S/C52H95N2O6P/c1-6-8-10-12-14-16-18-20-22-23-24-25-26-27-28-29-30-31-32-34-36-38-40-42-44-46-52(56)53-50(49-60-61(57,58)59-48-47-54(3,4)5)51(55)45-43-41-39-37-35-33-21-19-17-15-13-11-9-7-2/h8,10,14,16,20,22,24-25,27-28,43,45,50-51,55H,6-7,9,11-13,15,17-19,21,23,26,29-42,44,46-49H2,1-5H3,(H-,53,56,57,58)/b10-8-,16-14-,22-20-,25-24-,28-27-,45-43+. The molecule has 0 saturated heterocycles. The van der Waals surface area contributed by atoms with Crippen molar-refractivity contribution in [2.24, 2.45) is 0 Å². The number of unbranched alkanes of at least 4 members (excludes halogenated alkanes) is 21. The lowest BCUT2D eigenvalue weighted by molar-refractivity contribution is -0.870. The Labute approximate surface area is 376 Å². The van der Waals surface area contributed by atoms with Gasteiger partial charge in [-0.2, -0.15) is 0 Å². The van der Waals surface area contributed by atoms with Crippen LogP contribution in [0.3, 0.4) is 0 Å². The Morgan fingerprint density at radius 2 is 1.00 bits per heavy atom. The third-order valence-electron chi connectivity index (χ3n) is 10.7. The third kappa shape index (κ3) is 45.8. The van der Waals surface area contributed by atoms with Gasteiger partial charge in [0.05, 0.1) is 39.9 Å². The highest BCUT2D eigenvalue weighted by Gasteiger charge is 2.23. The highest BCUT2D eigenvalue weighted by molar-refractivity contribution is 7.45. The number of nitrogens with zero attached hydrogens (tertiary/aromatic N) is 1. The van der Waals surface area contributed by atoms with Gasteiger partial charge in [-0.3, -0.25) is 9.36 Å². The molecule has 3 unspecified atom stereocenters. The summed E-state index contributed by atoms with van der Waals surface area (Å²) in [6.07, 6.45) is 58.0. The van der Waals surface area contributed by atoms with Crippen LogP contribution in [0, 0.1) is 0 Å². The second-order valence-corrected chi connectivity index (χ2v) is 19.2. The van der Waals surface area contributed by atoms with Gasteiger partial charge in [-0.05, 0) is 64.2 Å². The van der Waals surface area contributed by atoms with Gasteiger partial charge in [0, 0.05) is 6.42 Å². The second kappa shape index (κ2) is 43.2. The highest BCUT2D eigenvalue weighted by Crippen LogP contribution is 2.38. The van der Waals surface area contributed by atoms with Crippen molar-refractivity contribution >= 4 is 13.7 Å². The molecule has 0 aliphatic carbocycles. The van der Waals surface area contributed by atoms with E-state index >= 15 is 0 Å². The lowest BCUT2D eigenvalue weighted by atomic mass is 10.0.